The third kappa shape index (κ3) is 3.48. The summed E-state index contributed by atoms with van der Waals surface area (Å²) in [6.07, 6.45) is 0.215. The molecule has 2 aromatic heterocycles. The van der Waals surface area contributed by atoms with Gasteiger partial charge in [0, 0.05) is 35.6 Å². The highest BCUT2D eigenvalue weighted by atomic mass is 16.1. The van der Waals surface area contributed by atoms with E-state index in [0.717, 1.165) is 17.0 Å². The number of rotatable bonds is 5. The first-order valence-corrected chi connectivity index (χ1v) is 7.45. The molecule has 0 aliphatic rings. The molecule has 23 heavy (non-hydrogen) atoms. The van der Waals surface area contributed by atoms with E-state index in [9.17, 15) is 9.59 Å². The van der Waals surface area contributed by atoms with Gasteiger partial charge in [0.2, 0.25) is 11.9 Å². The summed E-state index contributed by atoms with van der Waals surface area (Å²) < 4.78 is 1.56. The van der Waals surface area contributed by atoms with Crippen molar-refractivity contribution in [3.05, 3.63) is 38.6 Å². The number of aromatic nitrogens is 4. The van der Waals surface area contributed by atoms with E-state index < -0.39 is 0 Å². The van der Waals surface area contributed by atoms with Gasteiger partial charge in [0.1, 0.15) is 0 Å². The summed E-state index contributed by atoms with van der Waals surface area (Å²) in [6.45, 7) is 8.02. The van der Waals surface area contributed by atoms with Crippen LogP contribution in [-0.4, -0.2) is 38.7 Å². The van der Waals surface area contributed by atoms with Crippen LogP contribution in [0.25, 0.3) is 5.95 Å². The van der Waals surface area contributed by atoms with Crippen LogP contribution in [0.5, 0.6) is 0 Å². The zero-order chi connectivity index (χ0) is 17.1. The molecule has 0 atom stereocenters. The quantitative estimate of drug-likeness (QED) is 0.706. The number of hydrogen-bond donors (Lipinski definition) is 3. The second kappa shape index (κ2) is 6.74. The number of aryl methyl sites for hydroxylation is 2. The molecule has 2 rings (SSSR count). The van der Waals surface area contributed by atoms with Gasteiger partial charge in [-0.25, -0.2) is 9.67 Å². The number of carbonyl (C=O) groups is 1. The Morgan fingerprint density at radius 3 is 2.57 bits per heavy atom. The highest BCUT2D eigenvalue weighted by Crippen LogP contribution is 2.16. The first-order chi connectivity index (χ1) is 10.8. The van der Waals surface area contributed by atoms with Crippen LogP contribution < -0.4 is 16.6 Å². The van der Waals surface area contributed by atoms with Crippen LogP contribution in [0.3, 0.4) is 0 Å². The Morgan fingerprint density at radius 1 is 1.26 bits per heavy atom. The summed E-state index contributed by atoms with van der Waals surface area (Å²) >= 11 is 0. The molecule has 0 aliphatic heterocycles. The van der Waals surface area contributed by atoms with E-state index in [2.05, 4.69) is 20.4 Å². The Morgan fingerprint density at radius 2 is 1.96 bits per heavy atom. The van der Waals surface area contributed by atoms with E-state index in [0.29, 0.717) is 30.3 Å². The summed E-state index contributed by atoms with van der Waals surface area (Å²) in [4.78, 5) is 30.9. The molecule has 0 fully saturated rings. The van der Waals surface area contributed by atoms with Crippen molar-refractivity contribution < 1.29 is 4.79 Å². The van der Waals surface area contributed by atoms with Gasteiger partial charge in [-0.05, 0) is 27.7 Å². The monoisotopic (exact) mass is 318 g/mol. The highest BCUT2D eigenvalue weighted by Gasteiger charge is 2.17. The molecule has 4 N–H and O–H groups in total. The van der Waals surface area contributed by atoms with Crippen molar-refractivity contribution in [2.75, 3.05) is 13.1 Å². The van der Waals surface area contributed by atoms with Gasteiger partial charge in [0.25, 0.3) is 5.56 Å². The minimum atomic E-state index is -0.192. The average Bonchev–Trinajstić information content (AvgIpc) is 2.78. The lowest BCUT2D eigenvalue weighted by molar-refractivity contribution is -0.120. The van der Waals surface area contributed by atoms with Gasteiger partial charge in [0.05, 0.1) is 12.1 Å². The maximum atomic E-state index is 11.9. The van der Waals surface area contributed by atoms with E-state index >= 15 is 0 Å². The van der Waals surface area contributed by atoms with Gasteiger partial charge in [-0.1, -0.05) is 0 Å². The summed E-state index contributed by atoms with van der Waals surface area (Å²) in [5.74, 6) is 0.245. The lowest BCUT2D eigenvalue weighted by atomic mass is 10.1. The molecule has 0 bridgehead atoms. The molecule has 0 saturated carbocycles. The lowest BCUT2D eigenvalue weighted by Crippen LogP contribution is -2.30. The third-order valence-corrected chi connectivity index (χ3v) is 3.83. The van der Waals surface area contributed by atoms with Crippen LogP contribution in [0.2, 0.25) is 0 Å². The highest BCUT2D eigenvalue weighted by molar-refractivity contribution is 5.79. The maximum absolute atomic E-state index is 11.9. The molecular weight excluding hydrogens is 296 g/mol. The van der Waals surface area contributed by atoms with E-state index in [1.165, 1.54) is 0 Å². The number of carbonyl (C=O) groups excluding carboxylic acids is 1. The van der Waals surface area contributed by atoms with Crippen LogP contribution >= 0.6 is 0 Å². The van der Waals surface area contributed by atoms with Gasteiger partial charge < -0.3 is 11.1 Å². The van der Waals surface area contributed by atoms with Gasteiger partial charge in [0.15, 0.2) is 0 Å². The van der Waals surface area contributed by atoms with E-state index in [-0.39, 0.29) is 17.9 Å². The van der Waals surface area contributed by atoms with Crippen molar-refractivity contribution in [3.63, 3.8) is 0 Å². The van der Waals surface area contributed by atoms with Crippen LogP contribution in [0.4, 0.5) is 0 Å². The molecule has 2 aromatic rings. The zero-order valence-electron chi connectivity index (χ0n) is 13.9. The first kappa shape index (κ1) is 16.9. The fourth-order valence-corrected chi connectivity index (χ4v) is 2.30. The lowest BCUT2D eigenvalue weighted by Gasteiger charge is -2.07. The SMILES string of the molecule is Cc1nn(-c2nc(C)c(C)c(=O)[nH]2)c(C)c1CC(=O)NCCN. The number of nitrogens with zero attached hydrogens (tertiary/aromatic N) is 3. The maximum Gasteiger partial charge on any atom is 0.255 e. The smallest absolute Gasteiger partial charge is 0.255 e. The standard InChI is InChI=1S/C15H22N6O2/c1-8-9(2)18-15(19-14(8)23)21-11(4)12(10(3)20-21)7-13(22)17-6-5-16/h5-7,16H2,1-4H3,(H,17,22)(H,18,19,23). The summed E-state index contributed by atoms with van der Waals surface area (Å²) in [6, 6.07) is 0. The largest absolute Gasteiger partial charge is 0.355 e. The predicted molar refractivity (Wildman–Crippen MR) is 86.7 cm³/mol. The predicted octanol–water partition coefficient (Wildman–Crippen LogP) is -0.193. The van der Waals surface area contributed by atoms with Gasteiger partial charge in [-0.15, -0.1) is 0 Å². The van der Waals surface area contributed by atoms with E-state index in [1.807, 2.05) is 13.8 Å². The number of amides is 1. The second-order valence-electron chi connectivity index (χ2n) is 5.48. The molecule has 124 valence electrons. The first-order valence-electron chi connectivity index (χ1n) is 7.45. The fraction of sp³-hybridized carbons (Fsp3) is 0.467. The molecule has 0 radical (unpaired) electrons. The Labute approximate surface area is 134 Å². The van der Waals surface area contributed by atoms with Crippen molar-refractivity contribution in [1.82, 2.24) is 25.1 Å². The number of hydrogen-bond acceptors (Lipinski definition) is 5. The molecule has 0 saturated heterocycles. The van der Waals surface area contributed by atoms with Gasteiger partial charge >= 0.3 is 0 Å². The van der Waals surface area contributed by atoms with Crippen LogP contribution in [-0.2, 0) is 11.2 Å². The number of nitrogens with one attached hydrogen (secondary N) is 2. The van der Waals surface area contributed by atoms with Crippen molar-refractivity contribution in [2.24, 2.45) is 5.73 Å². The second-order valence-corrected chi connectivity index (χ2v) is 5.48. The summed E-state index contributed by atoms with van der Waals surface area (Å²) in [5.41, 5.74) is 8.74. The Bertz CT molecular complexity index is 790. The molecule has 8 nitrogen and oxygen atoms in total. The van der Waals surface area contributed by atoms with E-state index in [4.69, 9.17) is 5.73 Å². The van der Waals surface area contributed by atoms with Gasteiger partial charge in [-0.2, -0.15) is 5.10 Å². The number of H-pyrrole nitrogens is 1. The van der Waals surface area contributed by atoms with Crippen molar-refractivity contribution in [2.45, 2.75) is 34.1 Å². The van der Waals surface area contributed by atoms with E-state index in [1.54, 1.807) is 18.5 Å². The molecule has 8 heteroatoms. The molecule has 0 unspecified atom stereocenters. The minimum absolute atomic E-state index is 0.109. The average molecular weight is 318 g/mol. The van der Waals surface area contributed by atoms with Crippen molar-refractivity contribution in [1.29, 1.82) is 0 Å². The van der Waals surface area contributed by atoms with Crippen LogP contribution in [0.15, 0.2) is 4.79 Å². The number of nitrogens with two attached hydrogens (primary N) is 1. The van der Waals surface area contributed by atoms with Crippen molar-refractivity contribution in [3.8, 4) is 5.95 Å². The minimum Gasteiger partial charge on any atom is -0.355 e. The summed E-state index contributed by atoms with van der Waals surface area (Å²) in [5, 5.41) is 7.14. The number of aromatic amines is 1. The Kier molecular flexibility index (Phi) is 4.95. The molecule has 2 heterocycles. The topological polar surface area (TPSA) is 119 Å². The molecule has 0 spiro atoms. The Balaban J connectivity index is 2.38. The van der Waals surface area contributed by atoms with Gasteiger partial charge in [-0.3, -0.25) is 14.6 Å². The molecule has 0 aliphatic carbocycles. The molecule has 0 aromatic carbocycles. The Hall–Kier alpha value is -2.48. The molecule has 1 amide bonds. The van der Waals surface area contributed by atoms with Crippen LogP contribution in [0.1, 0.15) is 28.2 Å². The third-order valence-electron chi connectivity index (χ3n) is 3.83. The zero-order valence-corrected chi connectivity index (χ0v) is 13.9. The summed E-state index contributed by atoms with van der Waals surface area (Å²) in [7, 11) is 0. The van der Waals surface area contributed by atoms with Crippen molar-refractivity contribution >= 4 is 5.91 Å². The van der Waals surface area contributed by atoms with Crippen LogP contribution in [0, 0.1) is 27.7 Å². The fourth-order valence-electron chi connectivity index (χ4n) is 2.30. The normalized spacial score (nSPS) is 10.8. The molecular formula is C15H22N6O2.